The van der Waals surface area contributed by atoms with Gasteiger partial charge in [-0.05, 0) is 42.0 Å². The van der Waals surface area contributed by atoms with Gasteiger partial charge in [-0.1, -0.05) is 30.3 Å². The molecule has 1 heterocycles. The summed E-state index contributed by atoms with van der Waals surface area (Å²) in [6.45, 7) is 0. The normalized spacial score (nSPS) is 10.7. The maximum atomic E-state index is 13.0. The van der Waals surface area contributed by atoms with E-state index in [0.29, 0.717) is 16.5 Å². The molecule has 0 spiro atoms. The molecule has 0 fully saturated rings. The van der Waals surface area contributed by atoms with Gasteiger partial charge in [0.2, 0.25) is 0 Å². The molecular formula is C22H13FO4. The van der Waals surface area contributed by atoms with Gasteiger partial charge in [0.05, 0.1) is 16.5 Å². The molecule has 0 aliphatic rings. The molecule has 5 heteroatoms. The van der Waals surface area contributed by atoms with Crippen molar-refractivity contribution < 1.29 is 18.3 Å². The molecule has 0 saturated carbocycles. The van der Waals surface area contributed by atoms with Gasteiger partial charge in [0.15, 0.2) is 5.43 Å². The van der Waals surface area contributed by atoms with E-state index in [2.05, 4.69) is 0 Å². The second kappa shape index (κ2) is 6.88. The van der Waals surface area contributed by atoms with E-state index in [4.69, 9.17) is 9.15 Å². The number of ether oxygens (including phenoxy) is 1. The number of benzene rings is 3. The van der Waals surface area contributed by atoms with Crippen LogP contribution in [-0.4, -0.2) is 5.97 Å². The van der Waals surface area contributed by atoms with Crippen LogP contribution in [0.5, 0.6) is 5.75 Å². The molecule has 3 aromatic carbocycles. The predicted molar refractivity (Wildman–Crippen MR) is 99.3 cm³/mol. The molecular weight excluding hydrogens is 347 g/mol. The van der Waals surface area contributed by atoms with Crippen LogP contribution in [0.2, 0.25) is 0 Å². The number of esters is 1. The van der Waals surface area contributed by atoms with Crippen LogP contribution in [0, 0.1) is 5.82 Å². The Bertz CT molecular complexity index is 1180. The van der Waals surface area contributed by atoms with Crippen molar-refractivity contribution in [3.63, 3.8) is 0 Å². The lowest BCUT2D eigenvalue weighted by molar-refractivity contribution is 0.0735. The Kier molecular flexibility index (Phi) is 4.26. The SMILES string of the molecule is O=C(Oc1ccc2c(=O)c(-c3ccccc3)coc2c1)c1ccc(F)cc1. The van der Waals surface area contributed by atoms with Crippen LogP contribution in [0.4, 0.5) is 4.39 Å². The summed E-state index contributed by atoms with van der Waals surface area (Å²) in [4.78, 5) is 24.8. The van der Waals surface area contributed by atoms with Gasteiger partial charge in [-0.25, -0.2) is 9.18 Å². The maximum absolute atomic E-state index is 13.0. The molecule has 0 atom stereocenters. The third-order valence-corrected chi connectivity index (χ3v) is 4.12. The van der Waals surface area contributed by atoms with Gasteiger partial charge in [-0.15, -0.1) is 0 Å². The van der Waals surface area contributed by atoms with Crippen LogP contribution in [0.1, 0.15) is 10.4 Å². The molecule has 4 rings (SSSR count). The molecule has 0 aliphatic heterocycles. The summed E-state index contributed by atoms with van der Waals surface area (Å²) in [5, 5.41) is 0.387. The Balaban J connectivity index is 1.66. The lowest BCUT2D eigenvalue weighted by Crippen LogP contribution is -2.09. The van der Waals surface area contributed by atoms with E-state index in [1.165, 1.54) is 42.7 Å². The van der Waals surface area contributed by atoms with Crippen molar-refractivity contribution in [2.24, 2.45) is 0 Å². The van der Waals surface area contributed by atoms with E-state index in [0.717, 1.165) is 5.56 Å². The first-order chi connectivity index (χ1) is 13.1. The van der Waals surface area contributed by atoms with Crippen molar-refractivity contribution in [3.8, 4) is 16.9 Å². The van der Waals surface area contributed by atoms with E-state index in [9.17, 15) is 14.0 Å². The Morgan fingerprint density at radius 1 is 0.926 bits per heavy atom. The summed E-state index contributed by atoms with van der Waals surface area (Å²) in [5.41, 5.74) is 1.58. The monoisotopic (exact) mass is 360 g/mol. The Morgan fingerprint density at radius 2 is 1.67 bits per heavy atom. The first-order valence-corrected chi connectivity index (χ1v) is 8.20. The molecule has 0 amide bonds. The maximum Gasteiger partial charge on any atom is 0.343 e. The van der Waals surface area contributed by atoms with E-state index >= 15 is 0 Å². The first kappa shape index (κ1) is 16.7. The largest absolute Gasteiger partial charge is 0.463 e. The molecule has 0 aliphatic carbocycles. The number of halogens is 1. The predicted octanol–water partition coefficient (Wildman–Crippen LogP) is 4.82. The molecule has 27 heavy (non-hydrogen) atoms. The fourth-order valence-corrected chi connectivity index (χ4v) is 2.74. The van der Waals surface area contributed by atoms with Crippen LogP contribution < -0.4 is 10.2 Å². The summed E-state index contributed by atoms with van der Waals surface area (Å²) >= 11 is 0. The third-order valence-electron chi connectivity index (χ3n) is 4.12. The Hall–Kier alpha value is -3.73. The standard InChI is InChI=1S/C22H13FO4/c23-16-8-6-15(7-9-16)22(25)27-17-10-11-18-20(12-17)26-13-19(21(18)24)14-4-2-1-3-5-14/h1-13H. The fraction of sp³-hybridized carbons (Fsp3) is 0. The van der Waals surface area contributed by atoms with Gasteiger partial charge in [-0.2, -0.15) is 0 Å². The smallest absolute Gasteiger partial charge is 0.343 e. The van der Waals surface area contributed by atoms with Crippen LogP contribution >= 0.6 is 0 Å². The van der Waals surface area contributed by atoms with Crippen molar-refractivity contribution in [1.82, 2.24) is 0 Å². The molecule has 4 nitrogen and oxygen atoms in total. The lowest BCUT2D eigenvalue weighted by atomic mass is 10.1. The Morgan fingerprint density at radius 3 is 2.41 bits per heavy atom. The highest BCUT2D eigenvalue weighted by Gasteiger charge is 2.12. The van der Waals surface area contributed by atoms with Gasteiger partial charge in [-0.3, -0.25) is 4.79 Å². The van der Waals surface area contributed by atoms with Gasteiger partial charge in [0.25, 0.3) is 0 Å². The fourth-order valence-electron chi connectivity index (χ4n) is 2.74. The number of fused-ring (bicyclic) bond motifs is 1. The number of hydrogen-bond donors (Lipinski definition) is 0. The quantitative estimate of drug-likeness (QED) is 0.388. The zero-order valence-electron chi connectivity index (χ0n) is 14.0. The van der Waals surface area contributed by atoms with E-state index in [1.807, 2.05) is 30.3 Å². The molecule has 0 radical (unpaired) electrons. The summed E-state index contributed by atoms with van der Waals surface area (Å²) < 4.78 is 23.8. The summed E-state index contributed by atoms with van der Waals surface area (Å²) in [6.07, 6.45) is 1.39. The number of rotatable bonds is 3. The molecule has 0 unspecified atom stereocenters. The van der Waals surface area contributed by atoms with Crippen LogP contribution in [0.15, 0.2) is 88.3 Å². The molecule has 4 aromatic rings. The average Bonchev–Trinajstić information content (AvgIpc) is 2.69. The van der Waals surface area contributed by atoms with E-state index < -0.39 is 11.8 Å². The van der Waals surface area contributed by atoms with Gasteiger partial charge in [0, 0.05) is 6.07 Å². The minimum absolute atomic E-state index is 0.168. The summed E-state index contributed by atoms with van der Waals surface area (Å²) in [7, 11) is 0. The second-order valence-corrected chi connectivity index (χ2v) is 5.90. The lowest BCUT2D eigenvalue weighted by Gasteiger charge is -2.06. The highest BCUT2D eigenvalue weighted by molar-refractivity contribution is 5.91. The molecule has 1 aromatic heterocycles. The van der Waals surface area contributed by atoms with Crippen LogP contribution in [0.25, 0.3) is 22.1 Å². The van der Waals surface area contributed by atoms with Crippen molar-refractivity contribution in [2.75, 3.05) is 0 Å². The summed E-state index contributed by atoms with van der Waals surface area (Å²) in [6, 6.07) is 18.8. The Labute approximate surface area is 153 Å². The molecule has 0 bridgehead atoms. The van der Waals surface area contributed by atoms with Crippen molar-refractivity contribution >= 4 is 16.9 Å². The topological polar surface area (TPSA) is 56.5 Å². The zero-order valence-corrected chi connectivity index (χ0v) is 14.0. The van der Waals surface area contributed by atoms with Gasteiger partial charge >= 0.3 is 5.97 Å². The van der Waals surface area contributed by atoms with Crippen LogP contribution in [-0.2, 0) is 0 Å². The van der Waals surface area contributed by atoms with Crippen LogP contribution in [0.3, 0.4) is 0 Å². The van der Waals surface area contributed by atoms with E-state index in [-0.39, 0.29) is 16.7 Å². The molecule has 0 saturated heterocycles. The minimum Gasteiger partial charge on any atom is -0.463 e. The zero-order chi connectivity index (χ0) is 18.8. The first-order valence-electron chi connectivity index (χ1n) is 8.20. The number of hydrogen-bond acceptors (Lipinski definition) is 4. The average molecular weight is 360 g/mol. The highest BCUT2D eigenvalue weighted by atomic mass is 19.1. The summed E-state index contributed by atoms with van der Waals surface area (Å²) in [5.74, 6) is -0.835. The van der Waals surface area contributed by atoms with Crippen molar-refractivity contribution in [2.45, 2.75) is 0 Å². The highest BCUT2D eigenvalue weighted by Crippen LogP contribution is 2.23. The van der Waals surface area contributed by atoms with Crippen molar-refractivity contribution in [1.29, 1.82) is 0 Å². The van der Waals surface area contributed by atoms with E-state index in [1.54, 1.807) is 6.07 Å². The molecule has 132 valence electrons. The molecule has 0 N–H and O–H groups in total. The third kappa shape index (κ3) is 3.35. The second-order valence-electron chi connectivity index (χ2n) is 5.90. The van der Waals surface area contributed by atoms with Gasteiger partial charge in [0.1, 0.15) is 23.4 Å². The minimum atomic E-state index is -0.627. The van der Waals surface area contributed by atoms with Crippen molar-refractivity contribution in [3.05, 3.63) is 101 Å². The number of carbonyl (C=O) groups is 1. The number of carbonyl (C=O) groups excluding carboxylic acids is 1. The van der Waals surface area contributed by atoms with Gasteiger partial charge < -0.3 is 9.15 Å².